The van der Waals surface area contributed by atoms with E-state index < -0.39 is 32.1 Å². The fraction of sp³-hybridized carbons (Fsp3) is 0.423. The van der Waals surface area contributed by atoms with Gasteiger partial charge in [-0.25, -0.2) is 26.4 Å². The molecule has 8 nitrogen and oxygen atoms in total. The first-order valence-corrected chi connectivity index (χ1v) is 15.6. The summed E-state index contributed by atoms with van der Waals surface area (Å²) in [5.74, 6) is -0.142. The van der Waals surface area contributed by atoms with E-state index in [4.69, 9.17) is 0 Å². The van der Waals surface area contributed by atoms with E-state index in [-0.39, 0.29) is 5.75 Å². The lowest BCUT2D eigenvalue weighted by molar-refractivity contribution is 0.256. The lowest BCUT2D eigenvalue weighted by Gasteiger charge is -2.21. The molecule has 0 aromatic heterocycles. The SMILES string of the molecule is O=C(Nc1c2c(cc3c1CCC3)CCC2)NS(=O)(=O)/C=C/C1CCCN1S(=O)(=O)Cc1ccccc1. The van der Waals surface area contributed by atoms with Gasteiger partial charge in [-0.3, -0.25) is 0 Å². The standard InChI is InChI=1S/C26H31N3O5S2/c30-26(27-25-23-12-4-9-20(23)17-21-10-5-13-24(21)25)28-35(31,32)16-14-22-11-6-15-29(22)36(33,34)18-19-7-2-1-3-8-19/h1-3,7-8,14,16-17,22H,4-6,9-13,15,18H2,(H2,27,28,30)/b16-14+. The lowest BCUT2D eigenvalue weighted by Crippen LogP contribution is -2.36. The average Bonchev–Trinajstić information content (AvgIpc) is 3.58. The van der Waals surface area contributed by atoms with Crippen molar-refractivity contribution in [3.05, 3.63) is 75.7 Å². The number of amides is 2. The minimum atomic E-state index is -4.11. The van der Waals surface area contributed by atoms with Crippen LogP contribution in [-0.4, -0.2) is 39.8 Å². The zero-order valence-electron chi connectivity index (χ0n) is 20.1. The molecule has 1 unspecified atom stereocenters. The number of fused-ring (bicyclic) bond motifs is 2. The summed E-state index contributed by atoms with van der Waals surface area (Å²) in [5.41, 5.74) is 6.16. The molecule has 3 aliphatic rings. The quantitative estimate of drug-likeness (QED) is 0.569. The van der Waals surface area contributed by atoms with Crippen LogP contribution < -0.4 is 10.0 Å². The van der Waals surface area contributed by atoms with Crippen LogP contribution in [0.5, 0.6) is 0 Å². The first-order chi connectivity index (χ1) is 17.2. The monoisotopic (exact) mass is 529 g/mol. The third-order valence-corrected chi connectivity index (χ3v) is 10.1. The van der Waals surface area contributed by atoms with Crippen LogP contribution in [0.3, 0.4) is 0 Å². The van der Waals surface area contributed by atoms with Crippen molar-refractivity contribution in [2.24, 2.45) is 0 Å². The van der Waals surface area contributed by atoms with E-state index in [0.29, 0.717) is 24.9 Å². The van der Waals surface area contributed by atoms with Crippen molar-refractivity contribution in [3.63, 3.8) is 0 Å². The molecule has 0 spiro atoms. The molecule has 1 heterocycles. The van der Waals surface area contributed by atoms with Crippen molar-refractivity contribution in [1.82, 2.24) is 9.03 Å². The van der Waals surface area contributed by atoms with Crippen LogP contribution in [0.2, 0.25) is 0 Å². The van der Waals surface area contributed by atoms with Crippen molar-refractivity contribution in [1.29, 1.82) is 0 Å². The molecule has 2 aliphatic carbocycles. The molecule has 0 bridgehead atoms. The van der Waals surface area contributed by atoms with Gasteiger partial charge in [0.25, 0.3) is 10.0 Å². The fourth-order valence-electron chi connectivity index (χ4n) is 5.63. The number of carbonyl (C=O) groups is 1. The average molecular weight is 530 g/mol. The van der Waals surface area contributed by atoms with Crippen LogP contribution >= 0.6 is 0 Å². The topological polar surface area (TPSA) is 113 Å². The highest BCUT2D eigenvalue weighted by Gasteiger charge is 2.33. The molecule has 2 N–H and O–H groups in total. The van der Waals surface area contributed by atoms with Crippen LogP contribution in [-0.2, 0) is 51.5 Å². The summed E-state index contributed by atoms with van der Waals surface area (Å²) >= 11 is 0. The highest BCUT2D eigenvalue weighted by atomic mass is 32.2. The maximum Gasteiger partial charge on any atom is 0.333 e. The maximum absolute atomic E-state index is 13.0. The number of anilines is 1. The molecule has 0 saturated carbocycles. The second-order valence-electron chi connectivity index (χ2n) is 9.73. The van der Waals surface area contributed by atoms with Gasteiger partial charge in [-0.1, -0.05) is 42.5 Å². The zero-order valence-corrected chi connectivity index (χ0v) is 21.7. The van der Waals surface area contributed by atoms with E-state index in [1.165, 1.54) is 21.5 Å². The Labute approximate surface area is 212 Å². The highest BCUT2D eigenvalue weighted by Crippen LogP contribution is 2.38. The minimum absolute atomic E-state index is 0.142. The van der Waals surface area contributed by atoms with E-state index in [2.05, 4.69) is 16.1 Å². The number of urea groups is 1. The molecule has 1 fully saturated rings. The van der Waals surface area contributed by atoms with Crippen LogP contribution in [0.4, 0.5) is 10.5 Å². The Kier molecular flexibility index (Phi) is 6.93. The number of carbonyl (C=O) groups excluding carboxylic acids is 1. The molecule has 1 aliphatic heterocycles. The van der Waals surface area contributed by atoms with Crippen molar-refractivity contribution in [2.45, 2.75) is 63.2 Å². The van der Waals surface area contributed by atoms with Crippen molar-refractivity contribution < 1.29 is 21.6 Å². The smallest absolute Gasteiger partial charge is 0.307 e. The zero-order chi connectivity index (χ0) is 25.3. The van der Waals surface area contributed by atoms with E-state index in [1.54, 1.807) is 24.3 Å². The predicted molar refractivity (Wildman–Crippen MR) is 139 cm³/mol. The Morgan fingerprint density at radius 2 is 1.61 bits per heavy atom. The van der Waals surface area contributed by atoms with Gasteiger partial charge in [-0.2, -0.15) is 4.31 Å². The Bertz CT molecular complexity index is 1370. The second-order valence-corrected chi connectivity index (χ2v) is 13.2. The summed E-state index contributed by atoms with van der Waals surface area (Å²) in [7, 11) is -7.73. The molecule has 1 atom stereocenters. The van der Waals surface area contributed by atoms with Gasteiger partial charge in [0.05, 0.1) is 5.75 Å². The Hall–Kier alpha value is -2.69. The molecule has 5 rings (SSSR count). The van der Waals surface area contributed by atoms with E-state index >= 15 is 0 Å². The molecular weight excluding hydrogens is 498 g/mol. The Morgan fingerprint density at radius 1 is 0.944 bits per heavy atom. The van der Waals surface area contributed by atoms with Gasteiger partial charge >= 0.3 is 6.03 Å². The highest BCUT2D eigenvalue weighted by molar-refractivity contribution is 7.93. The predicted octanol–water partition coefficient (Wildman–Crippen LogP) is 3.62. The van der Waals surface area contributed by atoms with Gasteiger partial charge in [0.15, 0.2) is 0 Å². The van der Waals surface area contributed by atoms with Crippen LogP contribution in [0.25, 0.3) is 0 Å². The fourth-order valence-corrected chi connectivity index (χ4v) is 8.18. The van der Waals surface area contributed by atoms with Gasteiger partial charge in [0.1, 0.15) is 0 Å². The van der Waals surface area contributed by atoms with Gasteiger partial charge < -0.3 is 5.32 Å². The normalized spacial score (nSPS) is 19.9. The summed E-state index contributed by atoms with van der Waals surface area (Å²) in [6.45, 7) is 0.336. The molecule has 36 heavy (non-hydrogen) atoms. The Balaban J connectivity index is 1.26. The van der Waals surface area contributed by atoms with E-state index in [9.17, 15) is 21.6 Å². The van der Waals surface area contributed by atoms with Crippen LogP contribution in [0.1, 0.15) is 53.5 Å². The van der Waals surface area contributed by atoms with Crippen LogP contribution in [0.15, 0.2) is 47.9 Å². The number of sulfonamides is 2. The molecule has 2 aromatic carbocycles. The maximum atomic E-state index is 13.0. The summed E-state index contributed by atoms with van der Waals surface area (Å²) in [5, 5.41) is 3.73. The molecule has 10 heteroatoms. The molecular formula is C26H31N3O5S2. The molecule has 1 saturated heterocycles. The Morgan fingerprint density at radius 3 is 2.28 bits per heavy atom. The first kappa shape index (κ1) is 25.0. The summed E-state index contributed by atoms with van der Waals surface area (Å²) in [4.78, 5) is 12.7. The molecule has 192 valence electrons. The van der Waals surface area contributed by atoms with Crippen molar-refractivity contribution >= 4 is 31.8 Å². The summed E-state index contributed by atoms with van der Waals surface area (Å²) in [6.07, 6.45) is 8.29. The van der Waals surface area contributed by atoms with Crippen LogP contribution in [0, 0.1) is 0 Å². The number of benzene rings is 2. The first-order valence-electron chi connectivity index (χ1n) is 12.4. The second kappa shape index (κ2) is 9.99. The van der Waals surface area contributed by atoms with Crippen molar-refractivity contribution in [3.8, 4) is 0 Å². The summed E-state index contributed by atoms with van der Waals surface area (Å²) in [6, 6.07) is 9.77. The van der Waals surface area contributed by atoms with Gasteiger partial charge in [0, 0.05) is 23.7 Å². The third kappa shape index (κ3) is 5.35. The number of nitrogens with one attached hydrogen (secondary N) is 2. The van der Waals surface area contributed by atoms with Gasteiger partial charge in [0.2, 0.25) is 10.0 Å². The number of hydrogen-bond acceptors (Lipinski definition) is 5. The van der Waals surface area contributed by atoms with Gasteiger partial charge in [-0.15, -0.1) is 0 Å². The van der Waals surface area contributed by atoms with Crippen molar-refractivity contribution in [2.75, 3.05) is 11.9 Å². The van der Waals surface area contributed by atoms with E-state index in [1.807, 2.05) is 6.07 Å². The number of aryl methyl sites for hydroxylation is 2. The third-order valence-electron chi connectivity index (χ3n) is 7.22. The molecule has 0 radical (unpaired) electrons. The largest absolute Gasteiger partial charge is 0.333 e. The van der Waals surface area contributed by atoms with E-state index in [0.717, 1.165) is 60.7 Å². The van der Waals surface area contributed by atoms with Gasteiger partial charge in [-0.05, 0) is 79.2 Å². The number of nitrogens with zero attached hydrogens (tertiary/aromatic N) is 1. The molecule has 2 aromatic rings. The summed E-state index contributed by atoms with van der Waals surface area (Å²) < 4.78 is 54.7. The molecule has 2 amide bonds. The minimum Gasteiger partial charge on any atom is -0.307 e. The number of hydrogen-bond donors (Lipinski definition) is 2. The number of rotatable bonds is 7. The lowest BCUT2D eigenvalue weighted by atomic mass is 9.99.